The fraction of sp³-hybridized carbons (Fsp3) is 0.133. The van der Waals surface area contributed by atoms with Crippen LogP contribution in [-0.4, -0.2) is 36.6 Å². The summed E-state index contributed by atoms with van der Waals surface area (Å²) in [5.74, 6) is 3.56. The van der Waals surface area contributed by atoms with Crippen LogP contribution in [0.3, 0.4) is 0 Å². The summed E-state index contributed by atoms with van der Waals surface area (Å²) in [5, 5.41) is 0. The van der Waals surface area contributed by atoms with E-state index in [9.17, 15) is 24.0 Å². The molecule has 4 rings (SSSR count). The topological polar surface area (TPSA) is 132 Å². The number of rotatable bonds is 13. The highest BCUT2D eigenvalue weighted by Gasteiger charge is 2.17. The molecule has 0 aliphatic heterocycles. The van der Waals surface area contributed by atoms with E-state index < -0.39 is 30.0 Å². The fourth-order valence-corrected chi connectivity index (χ4v) is 4.72. The predicted octanol–water partition coefficient (Wildman–Crippen LogP) is 8.41. The largest absolute Gasteiger partial charge is 0.521 e. The molecule has 0 aromatic heterocycles. The lowest BCUT2D eigenvalue weighted by Crippen LogP contribution is -2.16. The number of carbonyl (C=O) groups excluding carboxylic acids is 5. The van der Waals surface area contributed by atoms with Gasteiger partial charge < -0.3 is 23.7 Å². The van der Waals surface area contributed by atoms with Crippen LogP contribution in [-0.2, 0) is 46.4 Å². The standard InChI is InChI=1S/C45H38O10/c1-8-41(46)54-40-26-36(35-18-16-34(17-19-35)33-14-9-32(10-15-33)23-24-51-42(47)28(2)3)25-37(27-52-43(48)29(4)5)39(40)22-13-31-11-20-38(21-12-31)53-45(50)55-44(49)30(6)7/h8-12,14-21,25-26H,1-2,4,6,23-24,27H2,3,5,7H3. The Balaban J connectivity index is 1.64. The lowest BCUT2D eigenvalue weighted by molar-refractivity contribution is -0.140. The summed E-state index contributed by atoms with van der Waals surface area (Å²) in [7, 11) is 0. The van der Waals surface area contributed by atoms with Gasteiger partial charge in [0.1, 0.15) is 18.1 Å². The second kappa shape index (κ2) is 19.0. The molecule has 0 saturated carbocycles. The molecule has 0 unspecified atom stereocenters. The van der Waals surface area contributed by atoms with Crippen molar-refractivity contribution in [2.75, 3.05) is 6.61 Å². The third kappa shape index (κ3) is 11.9. The number of hydrogen-bond donors (Lipinski definition) is 0. The molecule has 0 fully saturated rings. The van der Waals surface area contributed by atoms with Crippen molar-refractivity contribution in [2.24, 2.45) is 0 Å². The molecule has 0 saturated heterocycles. The highest BCUT2D eigenvalue weighted by Crippen LogP contribution is 2.33. The number of esters is 4. The van der Waals surface area contributed by atoms with Crippen molar-refractivity contribution < 1.29 is 47.7 Å². The van der Waals surface area contributed by atoms with Crippen molar-refractivity contribution in [3.8, 4) is 45.6 Å². The Hall–Kier alpha value is -7.25. The molecule has 4 aromatic carbocycles. The van der Waals surface area contributed by atoms with Gasteiger partial charge in [0.05, 0.1) is 12.2 Å². The van der Waals surface area contributed by atoms with Crippen LogP contribution in [0.4, 0.5) is 4.79 Å². The Morgan fingerprint density at radius 3 is 1.75 bits per heavy atom. The van der Waals surface area contributed by atoms with Crippen LogP contribution in [0, 0.1) is 11.8 Å². The quantitative estimate of drug-likeness (QED) is 0.0251. The summed E-state index contributed by atoms with van der Waals surface area (Å²) >= 11 is 0. The van der Waals surface area contributed by atoms with Crippen LogP contribution < -0.4 is 9.47 Å². The van der Waals surface area contributed by atoms with Crippen LogP contribution in [0.25, 0.3) is 22.3 Å². The van der Waals surface area contributed by atoms with Crippen molar-refractivity contribution in [3.05, 3.63) is 156 Å². The molecule has 4 aromatic rings. The molecule has 0 heterocycles. The molecular weight excluding hydrogens is 700 g/mol. The maximum absolute atomic E-state index is 12.5. The molecule has 278 valence electrons. The summed E-state index contributed by atoms with van der Waals surface area (Å²) < 4.78 is 25.9. The summed E-state index contributed by atoms with van der Waals surface area (Å²) in [6, 6.07) is 25.2. The molecule has 0 aliphatic rings. The predicted molar refractivity (Wildman–Crippen MR) is 207 cm³/mol. The minimum Gasteiger partial charge on any atom is -0.462 e. The molecule has 0 aliphatic carbocycles. The highest BCUT2D eigenvalue weighted by molar-refractivity contribution is 5.94. The SMILES string of the molecule is C=CC(=O)Oc1cc(-c2ccc(-c3ccc(CCOC(=O)C(=C)C)cc3)cc2)cc(COC(=O)C(=C)C)c1C#Cc1ccc(OC(=O)OC(=O)C(=C)C)cc1. The van der Waals surface area contributed by atoms with E-state index in [1.54, 1.807) is 31.2 Å². The summed E-state index contributed by atoms with van der Waals surface area (Å²) in [4.78, 5) is 60.1. The molecule has 0 bridgehead atoms. The maximum atomic E-state index is 12.5. The van der Waals surface area contributed by atoms with Crippen LogP contribution >= 0.6 is 0 Å². The lowest BCUT2D eigenvalue weighted by Gasteiger charge is -2.14. The van der Waals surface area contributed by atoms with E-state index in [1.807, 2.05) is 48.5 Å². The molecule has 0 amide bonds. The van der Waals surface area contributed by atoms with Gasteiger partial charge >= 0.3 is 30.0 Å². The van der Waals surface area contributed by atoms with E-state index in [4.69, 9.17) is 18.9 Å². The normalized spacial score (nSPS) is 10.1. The van der Waals surface area contributed by atoms with Crippen molar-refractivity contribution in [1.29, 1.82) is 0 Å². The molecule has 0 atom stereocenters. The Bertz CT molecular complexity index is 2230. The second-order valence-corrected chi connectivity index (χ2v) is 12.2. The number of carbonyl (C=O) groups is 5. The average molecular weight is 739 g/mol. The Labute approximate surface area is 319 Å². The summed E-state index contributed by atoms with van der Waals surface area (Å²) in [6.45, 7) is 18.7. The average Bonchev–Trinajstić information content (AvgIpc) is 3.16. The second-order valence-electron chi connectivity index (χ2n) is 12.2. The minimum absolute atomic E-state index is 0.0392. The van der Waals surface area contributed by atoms with Crippen LogP contribution in [0.5, 0.6) is 11.5 Å². The van der Waals surface area contributed by atoms with Crippen LogP contribution in [0.2, 0.25) is 0 Å². The van der Waals surface area contributed by atoms with Crippen molar-refractivity contribution in [1.82, 2.24) is 0 Å². The van der Waals surface area contributed by atoms with Gasteiger partial charge in [-0.25, -0.2) is 24.0 Å². The Morgan fingerprint density at radius 1 is 0.636 bits per heavy atom. The third-order valence-electron chi connectivity index (χ3n) is 7.66. The number of hydrogen-bond acceptors (Lipinski definition) is 10. The smallest absolute Gasteiger partial charge is 0.462 e. The van der Waals surface area contributed by atoms with E-state index in [1.165, 1.54) is 26.0 Å². The van der Waals surface area contributed by atoms with Crippen LogP contribution in [0.1, 0.15) is 43.0 Å². The first-order valence-electron chi connectivity index (χ1n) is 16.8. The fourth-order valence-electron chi connectivity index (χ4n) is 4.72. The zero-order chi connectivity index (χ0) is 40.1. The first kappa shape index (κ1) is 40.5. The van der Waals surface area contributed by atoms with E-state index in [0.29, 0.717) is 28.7 Å². The van der Waals surface area contributed by atoms with E-state index >= 15 is 0 Å². The molecule has 10 heteroatoms. The monoisotopic (exact) mass is 738 g/mol. The molecule has 10 nitrogen and oxygen atoms in total. The van der Waals surface area contributed by atoms with E-state index in [2.05, 4.69) is 42.9 Å². The highest BCUT2D eigenvalue weighted by atomic mass is 16.7. The summed E-state index contributed by atoms with van der Waals surface area (Å²) in [5.41, 5.74) is 6.19. The van der Waals surface area contributed by atoms with Crippen molar-refractivity contribution >= 4 is 30.0 Å². The van der Waals surface area contributed by atoms with Gasteiger partial charge in [0.15, 0.2) is 0 Å². The van der Waals surface area contributed by atoms with Gasteiger partial charge in [0.25, 0.3) is 0 Å². The maximum Gasteiger partial charge on any atom is 0.521 e. The van der Waals surface area contributed by atoms with E-state index in [-0.39, 0.29) is 41.4 Å². The van der Waals surface area contributed by atoms with Gasteiger partial charge in [-0.15, -0.1) is 0 Å². The van der Waals surface area contributed by atoms with Gasteiger partial charge in [-0.05, 0) is 85.0 Å². The van der Waals surface area contributed by atoms with Gasteiger partial charge in [-0.1, -0.05) is 86.7 Å². The molecule has 0 N–H and O–H groups in total. The Kier molecular flexibility index (Phi) is 14.0. The number of benzene rings is 4. The van der Waals surface area contributed by atoms with Crippen molar-refractivity contribution in [2.45, 2.75) is 33.8 Å². The number of ether oxygens (including phenoxy) is 5. The zero-order valence-corrected chi connectivity index (χ0v) is 30.7. The molecule has 0 spiro atoms. The lowest BCUT2D eigenvalue weighted by atomic mass is 9.96. The zero-order valence-electron chi connectivity index (χ0n) is 30.7. The van der Waals surface area contributed by atoms with Crippen molar-refractivity contribution in [3.63, 3.8) is 0 Å². The van der Waals surface area contributed by atoms with Gasteiger partial charge in [-0.3, -0.25) is 0 Å². The molecule has 0 radical (unpaired) electrons. The van der Waals surface area contributed by atoms with Gasteiger partial charge in [0, 0.05) is 40.3 Å². The minimum atomic E-state index is -1.21. The van der Waals surface area contributed by atoms with Gasteiger partial charge in [0.2, 0.25) is 0 Å². The Morgan fingerprint density at radius 2 is 1.18 bits per heavy atom. The molecule has 55 heavy (non-hydrogen) atoms. The first-order chi connectivity index (χ1) is 26.2. The van der Waals surface area contributed by atoms with Crippen LogP contribution in [0.15, 0.2) is 134 Å². The van der Waals surface area contributed by atoms with Gasteiger partial charge in [-0.2, -0.15) is 0 Å². The van der Waals surface area contributed by atoms with E-state index in [0.717, 1.165) is 28.3 Å². The molecular formula is C45H38O10. The first-order valence-corrected chi connectivity index (χ1v) is 16.8. The third-order valence-corrected chi connectivity index (χ3v) is 7.66. The summed E-state index contributed by atoms with van der Waals surface area (Å²) in [6.07, 6.45) is 0.379.